The van der Waals surface area contributed by atoms with Crippen LogP contribution in [-0.2, 0) is 20.9 Å². The maximum absolute atomic E-state index is 13.2. The molecule has 1 aromatic carbocycles. The highest BCUT2D eigenvalue weighted by atomic mass is 16.5. The van der Waals surface area contributed by atoms with Gasteiger partial charge in [0.15, 0.2) is 0 Å². The molecular formula is C23H26N2O4. The lowest BCUT2D eigenvalue weighted by atomic mass is 9.47. The van der Waals surface area contributed by atoms with Crippen molar-refractivity contribution in [2.24, 2.45) is 17.3 Å². The predicted molar refractivity (Wildman–Crippen MR) is 105 cm³/mol. The maximum atomic E-state index is 13.2. The summed E-state index contributed by atoms with van der Waals surface area (Å²) < 4.78 is 11.3. The zero-order valence-electron chi connectivity index (χ0n) is 16.6. The van der Waals surface area contributed by atoms with E-state index < -0.39 is 5.41 Å². The molecule has 2 unspecified atom stereocenters. The first-order chi connectivity index (χ1) is 14.0. The van der Waals surface area contributed by atoms with Crippen LogP contribution in [0.15, 0.2) is 41.0 Å². The molecule has 4 aliphatic rings. The largest absolute Gasteiger partial charge is 0.459 e. The van der Waals surface area contributed by atoms with E-state index in [1.54, 1.807) is 13.2 Å². The van der Waals surface area contributed by atoms with E-state index in [4.69, 9.17) is 9.15 Å². The number of aromatic nitrogens is 1. The van der Waals surface area contributed by atoms with Crippen molar-refractivity contribution in [3.05, 3.63) is 42.3 Å². The molecule has 6 heteroatoms. The van der Waals surface area contributed by atoms with Crippen LogP contribution in [-0.4, -0.2) is 22.4 Å². The Kier molecular flexibility index (Phi) is 4.26. The van der Waals surface area contributed by atoms with Gasteiger partial charge in [0, 0.05) is 18.0 Å². The van der Waals surface area contributed by atoms with Crippen LogP contribution in [0.1, 0.15) is 51.1 Å². The normalized spacial score (nSPS) is 32.2. The summed E-state index contributed by atoms with van der Waals surface area (Å²) in [5, 5.41) is 3.19. The summed E-state index contributed by atoms with van der Waals surface area (Å²) in [5.41, 5.74) is 0.795. The number of nitrogens with one attached hydrogen (secondary N) is 1. The van der Waals surface area contributed by atoms with Crippen molar-refractivity contribution in [3.8, 4) is 11.5 Å². The summed E-state index contributed by atoms with van der Waals surface area (Å²) in [5.74, 6) is 1.35. The lowest BCUT2D eigenvalue weighted by Crippen LogP contribution is -2.64. The molecule has 152 valence electrons. The number of amides is 1. The number of oxazole rings is 1. The third kappa shape index (κ3) is 3.34. The molecule has 4 saturated carbocycles. The highest BCUT2D eigenvalue weighted by molar-refractivity contribution is 5.79. The molecule has 2 atom stereocenters. The first-order valence-electron chi connectivity index (χ1n) is 10.4. The molecular weight excluding hydrogens is 368 g/mol. The second-order valence-electron chi connectivity index (χ2n) is 9.29. The zero-order valence-corrected chi connectivity index (χ0v) is 16.6. The van der Waals surface area contributed by atoms with Crippen LogP contribution in [0.5, 0.6) is 0 Å². The summed E-state index contributed by atoms with van der Waals surface area (Å²) in [4.78, 5) is 29.4. The molecule has 0 radical (unpaired) electrons. The summed E-state index contributed by atoms with van der Waals surface area (Å²) in [7, 11) is 0. The average Bonchev–Trinajstić information content (AvgIpc) is 3.14. The Labute approximate surface area is 170 Å². The Morgan fingerprint density at radius 2 is 1.90 bits per heavy atom. The van der Waals surface area contributed by atoms with E-state index in [1.807, 2.05) is 30.3 Å². The molecule has 4 fully saturated rings. The van der Waals surface area contributed by atoms with E-state index in [-0.39, 0.29) is 24.0 Å². The molecule has 1 N–H and O–H groups in total. The summed E-state index contributed by atoms with van der Waals surface area (Å²) >= 11 is 0. The van der Waals surface area contributed by atoms with Gasteiger partial charge in [0.2, 0.25) is 11.8 Å². The Morgan fingerprint density at radius 3 is 2.59 bits per heavy atom. The van der Waals surface area contributed by atoms with Gasteiger partial charge in [0.05, 0.1) is 5.41 Å². The predicted octanol–water partition coefficient (Wildman–Crippen LogP) is 3.86. The van der Waals surface area contributed by atoms with E-state index in [9.17, 15) is 9.59 Å². The SMILES string of the molecule is CC(=O)NC12CC3CC(C1)CC(C(=O)OCc1coc(-c4ccccc4)n1)(C3)C2. The molecule has 4 bridgehead atoms. The molecule has 1 amide bonds. The first kappa shape index (κ1) is 18.4. The number of nitrogens with zero attached hydrogens (tertiary/aromatic N) is 1. The summed E-state index contributed by atoms with van der Waals surface area (Å²) in [6, 6.07) is 9.65. The third-order valence-corrected chi connectivity index (χ3v) is 6.86. The fourth-order valence-electron chi connectivity index (χ4n) is 6.40. The number of carbonyl (C=O) groups excluding carboxylic acids is 2. The van der Waals surface area contributed by atoms with Crippen LogP contribution in [0.3, 0.4) is 0 Å². The van der Waals surface area contributed by atoms with E-state index in [1.165, 1.54) is 6.42 Å². The quantitative estimate of drug-likeness (QED) is 0.779. The highest BCUT2D eigenvalue weighted by Gasteiger charge is 2.61. The van der Waals surface area contributed by atoms with Crippen molar-refractivity contribution in [1.29, 1.82) is 0 Å². The van der Waals surface area contributed by atoms with E-state index >= 15 is 0 Å². The van der Waals surface area contributed by atoms with Gasteiger partial charge >= 0.3 is 5.97 Å². The first-order valence-corrected chi connectivity index (χ1v) is 10.4. The Morgan fingerprint density at radius 1 is 1.17 bits per heavy atom. The van der Waals surface area contributed by atoms with Crippen molar-refractivity contribution in [2.75, 3.05) is 0 Å². The number of ether oxygens (including phenoxy) is 1. The molecule has 6 rings (SSSR count). The van der Waals surface area contributed by atoms with E-state index in [2.05, 4.69) is 10.3 Å². The van der Waals surface area contributed by atoms with E-state index in [0.29, 0.717) is 29.8 Å². The van der Waals surface area contributed by atoms with Crippen molar-refractivity contribution < 1.29 is 18.7 Å². The second-order valence-corrected chi connectivity index (χ2v) is 9.29. The van der Waals surface area contributed by atoms with Gasteiger partial charge in [-0.2, -0.15) is 0 Å². The van der Waals surface area contributed by atoms with Crippen LogP contribution in [0.4, 0.5) is 0 Å². The minimum absolute atomic E-state index is 0.00786. The van der Waals surface area contributed by atoms with Crippen molar-refractivity contribution >= 4 is 11.9 Å². The number of rotatable bonds is 5. The topological polar surface area (TPSA) is 81.4 Å². The van der Waals surface area contributed by atoms with Crippen molar-refractivity contribution in [1.82, 2.24) is 10.3 Å². The minimum atomic E-state index is -0.474. The zero-order chi connectivity index (χ0) is 20.1. The second kappa shape index (κ2) is 6.71. The highest BCUT2D eigenvalue weighted by Crippen LogP contribution is 2.62. The smallest absolute Gasteiger partial charge is 0.312 e. The molecule has 0 saturated heterocycles. The fraction of sp³-hybridized carbons (Fsp3) is 0.522. The van der Waals surface area contributed by atoms with Gasteiger partial charge in [0.25, 0.3) is 0 Å². The fourth-order valence-corrected chi connectivity index (χ4v) is 6.40. The van der Waals surface area contributed by atoms with Crippen LogP contribution in [0.25, 0.3) is 11.5 Å². The molecule has 0 aliphatic heterocycles. The Bertz CT molecular complexity index is 921. The Hall–Kier alpha value is -2.63. The lowest BCUT2D eigenvalue weighted by Gasteiger charge is -2.60. The molecule has 0 spiro atoms. The lowest BCUT2D eigenvalue weighted by molar-refractivity contribution is -0.177. The van der Waals surface area contributed by atoms with Gasteiger partial charge < -0.3 is 14.5 Å². The number of hydrogen-bond acceptors (Lipinski definition) is 5. The monoisotopic (exact) mass is 394 g/mol. The number of hydrogen-bond donors (Lipinski definition) is 1. The van der Waals surface area contributed by atoms with Crippen molar-refractivity contribution in [3.63, 3.8) is 0 Å². The number of esters is 1. The minimum Gasteiger partial charge on any atom is -0.459 e. The van der Waals surface area contributed by atoms with Gasteiger partial charge in [-0.05, 0) is 62.5 Å². The Balaban J connectivity index is 1.29. The average molecular weight is 394 g/mol. The molecule has 1 heterocycles. The van der Waals surface area contributed by atoms with Gasteiger partial charge in [-0.25, -0.2) is 4.98 Å². The molecule has 6 nitrogen and oxygen atoms in total. The molecule has 4 aliphatic carbocycles. The summed E-state index contributed by atoms with van der Waals surface area (Å²) in [6.07, 6.45) is 7.13. The number of carbonyl (C=O) groups is 2. The van der Waals surface area contributed by atoms with Crippen LogP contribution >= 0.6 is 0 Å². The maximum Gasteiger partial charge on any atom is 0.312 e. The van der Waals surface area contributed by atoms with Gasteiger partial charge in [-0.1, -0.05) is 18.2 Å². The molecule has 2 aromatic rings. The van der Waals surface area contributed by atoms with Gasteiger partial charge in [-0.15, -0.1) is 0 Å². The molecule has 29 heavy (non-hydrogen) atoms. The van der Waals surface area contributed by atoms with Gasteiger partial charge in [0.1, 0.15) is 18.6 Å². The van der Waals surface area contributed by atoms with E-state index in [0.717, 1.165) is 31.2 Å². The van der Waals surface area contributed by atoms with Crippen LogP contribution < -0.4 is 5.32 Å². The summed E-state index contributed by atoms with van der Waals surface area (Å²) in [6.45, 7) is 1.68. The molecule has 1 aromatic heterocycles. The number of benzene rings is 1. The van der Waals surface area contributed by atoms with Crippen LogP contribution in [0, 0.1) is 17.3 Å². The van der Waals surface area contributed by atoms with Crippen molar-refractivity contribution in [2.45, 2.75) is 57.6 Å². The van der Waals surface area contributed by atoms with Gasteiger partial charge in [-0.3, -0.25) is 9.59 Å². The third-order valence-electron chi connectivity index (χ3n) is 6.86. The van der Waals surface area contributed by atoms with Crippen LogP contribution in [0.2, 0.25) is 0 Å². The standard InChI is InChI=1S/C23H26N2O4/c1-15(26)25-23-10-16-7-17(11-23)9-22(8-16,14-23)21(27)29-13-19-12-28-20(24-19)18-5-3-2-4-6-18/h2-6,12,16-17H,7-11,13-14H2,1H3,(H,25,26).